The lowest BCUT2D eigenvalue weighted by Gasteiger charge is -2.09. The quantitative estimate of drug-likeness (QED) is 0.768. The van der Waals surface area contributed by atoms with E-state index in [4.69, 9.17) is 4.52 Å². The van der Waals surface area contributed by atoms with Crippen molar-refractivity contribution in [3.05, 3.63) is 36.4 Å². The third-order valence-electron chi connectivity index (χ3n) is 2.92. The van der Waals surface area contributed by atoms with Crippen LogP contribution in [0, 0.1) is 0 Å². The molecule has 1 aliphatic heterocycles. The third-order valence-corrected chi connectivity index (χ3v) is 2.92. The van der Waals surface area contributed by atoms with Gasteiger partial charge in [-0.3, -0.25) is 4.79 Å². The monoisotopic (exact) mass is 257 g/mol. The van der Waals surface area contributed by atoms with Crippen molar-refractivity contribution in [1.29, 1.82) is 0 Å². The van der Waals surface area contributed by atoms with Crippen LogP contribution < -0.4 is 4.90 Å². The maximum Gasteiger partial charge on any atom is 0.332 e. The Morgan fingerprint density at radius 2 is 1.95 bits per heavy atom. The van der Waals surface area contributed by atoms with E-state index in [9.17, 15) is 9.59 Å². The maximum absolute atomic E-state index is 11.8. The molecule has 1 aromatic carbocycles. The van der Waals surface area contributed by atoms with Crippen LogP contribution in [0.4, 0.5) is 10.6 Å². The van der Waals surface area contributed by atoms with Gasteiger partial charge in [-0.2, -0.15) is 0 Å². The van der Waals surface area contributed by atoms with Gasteiger partial charge in [0.1, 0.15) is 6.54 Å². The highest BCUT2D eigenvalue weighted by Gasteiger charge is 2.36. The molecule has 3 rings (SSSR count). The highest BCUT2D eigenvalue weighted by atomic mass is 16.5. The number of imide groups is 1. The predicted octanol–water partition coefficient (Wildman–Crippen LogP) is 1.74. The van der Waals surface area contributed by atoms with Crippen LogP contribution in [0.1, 0.15) is 0 Å². The standard InChI is InChI=1S/C13H11N3O3/c1-15-8-12(17)16(13(15)18)11-7-10(19-14-11)9-5-3-2-4-6-9/h2-7H,8H2,1H3. The van der Waals surface area contributed by atoms with Gasteiger partial charge in [0, 0.05) is 18.7 Å². The minimum Gasteiger partial charge on any atom is -0.354 e. The van der Waals surface area contributed by atoms with Crippen molar-refractivity contribution < 1.29 is 14.1 Å². The first kappa shape index (κ1) is 11.5. The number of amides is 3. The summed E-state index contributed by atoms with van der Waals surface area (Å²) in [6.07, 6.45) is 0. The third kappa shape index (κ3) is 1.87. The Bertz CT molecular complexity index is 636. The van der Waals surface area contributed by atoms with E-state index >= 15 is 0 Å². The van der Waals surface area contributed by atoms with Gasteiger partial charge >= 0.3 is 6.03 Å². The van der Waals surface area contributed by atoms with Gasteiger partial charge in [-0.15, -0.1) is 0 Å². The van der Waals surface area contributed by atoms with E-state index in [1.54, 1.807) is 13.1 Å². The molecule has 0 N–H and O–H groups in total. The molecule has 6 nitrogen and oxygen atoms in total. The fourth-order valence-corrected chi connectivity index (χ4v) is 1.95. The van der Waals surface area contributed by atoms with Crippen LogP contribution in [-0.2, 0) is 4.79 Å². The van der Waals surface area contributed by atoms with Crippen molar-refractivity contribution in [3.8, 4) is 11.3 Å². The van der Waals surface area contributed by atoms with Gasteiger partial charge in [-0.1, -0.05) is 35.5 Å². The molecular weight excluding hydrogens is 246 g/mol. The van der Waals surface area contributed by atoms with Gasteiger partial charge in [0.15, 0.2) is 11.6 Å². The summed E-state index contributed by atoms with van der Waals surface area (Å²) in [6, 6.07) is 10.6. The van der Waals surface area contributed by atoms with Gasteiger partial charge < -0.3 is 9.42 Å². The molecule has 0 unspecified atom stereocenters. The van der Waals surface area contributed by atoms with Gasteiger partial charge in [0.05, 0.1) is 0 Å². The van der Waals surface area contributed by atoms with Crippen LogP contribution in [0.25, 0.3) is 11.3 Å². The zero-order valence-corrected chi connectivity index (χ0v) is 10.2. The van der Waals surface area contributed by atoms with Crippen molar-refractivity contribution in [2.45, 2.75) is 0 Å². The first-order valence-electron chi connectivity index (χ1n) is 5.77. The number of likely N-dealkylation sites (N-methyl/N-ethyl adjacent to an activating group) is 1. The largest absolute Gasteiger partial charge is 0.354 e. The molecule has 19 heavy (non-hydrogen) atoms. The molecule has 1 aromatic heterocycles. The first-order chi connectivity index (χ1) is 9.16. The molecule has 2 aromatic rings. The van der Waals surface area contributed by atoms with E-state index in [0.29, 0.717) is 5.76 Å². The fourth-order valence-electron chi connectivity index (χ4n) is 1.95. The SMILES string of the molecule is CN1CC(=O)N(c2cc(-c3ccccc3)on2)C1=O. The smallest absolute Gasteiger partial charge is 0.332 e. The Hall–Kier alpha value is -2.63. The van der Waals surface area contributed by atoms with Crippen molar-refractivity contribution in [1.82, 2.24) is 10.1 Å². The average Bonchev–Trinajstić information content (AvgIpc) is 2.97. The number of hydrogen-bond acceptors (Lipinski definition) is 4. The normalized spacial score (nSPS) is 15.4. The van der Waals surface area contributed by atoms with Crippen molar-refractivity contribution in [2.24, 2.45) is 0 Å². The summed E-state index contributed by atoms with van der Waals surface area (Å²) < 4.78 is 5.18. The molecule has 1 saturated heterocycles. The zero-order valence-electron chi connectivity index (χ0n) is 10.2. The van der Waals surface area contributed by atoms with Gasteiger partial charge in [-0.25, -0.2) is 9.69 Å². The Morgan fingerprint density at radius 1 is 1.21 bits per heavy atom. The molecule has 0 spiro atoms. The summed E-state index contributed by atoms with van der Waals surface area (Å²) in [6.45, 7) is 0.0619. The molecule has 0 bridgehead atoms. The zero-order chi connectivity index (χ0) is 13.4. The lowest BCUT2D eigenvalue weighted by molar-refractivity contribution is -0.116. The molecule has 1 fully saturated rings. The van der Waals surface area contributed by atoms with Crippen molar-refractivity contribution in [3.63, 3.8) is 0 Å². The second-order valence-electron chi connectivity index (χ2n) is 4.28. The molecule has 0 saturated carbocycles. The highest BCUT2D eigenvalue weighted by molar-refractivity contribution is 6.19. The number of carbonyl (C=O) groups is 2. The number of urea groups is 1. The molecule has 1 aliphatic rings. The summed E-state index contributed by atoms with van der Waals surface area (Å²) >= 11 is 0. The minimum atomic E-state index is -0.391. The van der Waals surface area contributed by atoms with Crippen LogP contribution >= 0.6 is 0 Å². The molecule has 0 aliphatic carbocycles. The summed E-state index contributed by atoms with van der Waals surface area (Å²) in [4.78, 5) is 25.9. The highest BCUT2D eigenvalue weighted by Crippen LogP contribution is 2.26. The predicted molar refractivity (Wildman–Crippen MR) is 67.5 cm³/mol. The second kappa shape index (κ2) is 4.24. The molecular formula is C13H11N3O3. The van der Waals surface area contributed by atoms with Gasteiger partial charge in [0.2, 0.25) is 0 Å². The number of carbonyl (C=O) groups excluding carboxylic acids is 2. The van der Waals surface area contributed by atoms with E-state index in [2.05, 4.69) is 5.16 Å². The second-order valence-corrected chi connectivity index (χ2v) is 4.28. The average molecular weight is 257 g/mol. The fraction of sp³-hybridized carbons (Fsp3) is 0.154. The number of nitrogens with zero attached hydrogens (tertiary/aromatic N) is 3. The first-order valence-corrected chi connectivity index (χ1v) is 5.77. The molecule has 96 valence electrons. The summed E-state index contributed by atoms with van der Waals surface area (Å²) in [5.74, 6) is 0.435. The van der Waals surface area contributed by atoms with Gasteiger partial charge in [-0.05, 0) is 0 Å². The van der Waals surface area contributed by atoms with Crippen LogP contribution in [0.3, 0.4) is 0 Å². The molecule has 6 heteroatoms. The molecule has 0 radical (unpaired) electrons. The van der Waals surface area contributed by atoms with E-state index in [1.807, 2.05) is 30.3 Å². The molecule has 3 amide bonds. The molecule has 2 heterocycles. The van der Waals surface area contributed by atoms with Crippen LogP contribution in [-0.4, -0.2) is 35.6 Å². The van der Waals surface area contributed by atoms with E-state index in [0.717, 1.165) is 10.5 Å². The van der Waals surface area contributed by atoms with E-state index in [-0.39, 0.29) is 18.3 Å². The van der Waals surface area contributed by atoms with E-state index < -0.39 is 6.03 Å². The minimum absolute atomic E-state index is 0.0619. The topological polar surface area (TPSA) is 66.7 Å². The number of hydrogen-bond donors (Lipinski definition) is 0. The Labute approximate surface area is 109 Å². The number of aromatic nitrogens is 1. The summed E-state index contributed by atoms with van der Waals surface area (Å²) in [5.41, 5.74) is 0.841. The van der Waals surface area contributed by atoms with Gasteiger partial charge in [0.25, 0.3) is 5.91 Å². The summed E-state index contributed by atoms with van der Waals surface area (Å²) in [5, 5.41) is 3.79. The lowest BCUT2D eigenvalue weighted by Crippen LogP contribution is -2.31. The van der Waals surface area contributed by atoms with Crippen molar-refractivity contribution in [2.75, 3.05) is 18.5 Å². The van der Waals surface area contributed by atoms with E-state index in [1.165, 1.54) is 4.90 Å². The number of benzene rings is 1. The Morgan fingerprint density at radius 3 is 2.58 bits per heavy atom. The van der Waals surface area contributed by atoms with Crippen LogP contribution in [0.5, 0.6) is 0 Å². The number of anilines is 1. The van der Waals surface area contributed by atoms with Crippen LogP contribution in [0.15, 0.2) is 40.9 Å². The molecule has 0 atom stereocenters. The van der Waals surface area contributed by atoms with Crippen molar-refractivity contribution >= 4 is 17.8 Å². The lowest BCUT2D eigenvalue weighted by atomic mass is 10.2. The Balaban J connectivity index is 1.94. The van der Waals surface area contributed by atoms with Crippen LogP contribution in [0.2, 0.25) is 0 Å². The number of rotatable bonds is 2. The Kier molecular flexibility index (Phi) is 2.56. The summed E-state index contributed by atoms with van der Waals surface area (Å²) in [7, 11) is 1.57. The maximum atomic E-state index is 11.8.